The minimum atomic E-state index is 0.149. The molecule has 0 saturated heterocycles. The summed E-state index contributed by atoms with van der Waals surface area (Å²) in [6.45, 7) is 81.0. The van der Waals surface area contributed by atoms with E-state index in [1.54, 1.807) is 12.4 Å². The van der Waals surface area contributed by atoms with Crippen molar-refractivity contribution in [2.24, 2.45) is 55.8 Å². The third kappa shape index (κ3) is 54.5. The third-order valence-electron chi connectivity index (χ3n) is 20.9. The zero-order valence-corrected chi connectivity index (χ0v) is 89.0. The summed E-state index contributed by atoms with van der Waals surface area (Å²) in [6, 6.07) is 36.0. The van der Waals surface area contributed by atoms with Gasteiger partial charge in [-0.25, -0.2) is 19.9 Å². The van der Waals surface area contributed by atoms with Gasteiger partial charge >= 0.3 is 0 Å². The lowest BCUT2D eigenvalue weighted by atomic mass is 9.87. The molecule has 736 valence electrons. The third-order valence-corrected chi connectivity index (χ3v) is 20.9. The van der Waals surface area contributed by atoms with Gasteiger partial charge in [-0.2, -0.15) is 0 Å². The van der Waals surface area contributed by atoms with Gasteiger partial charge in [-0.3, -0.25) is 0 Å². The van der Waals surface area contributed by atoms with Crippen LogP contribution in [0.5, 0.6) is 46.5 Å². The molecule has 0 radical (unpaired) electrons. The van der Waals surface area contributed by atoms with Crippen molar-refractivity contribution in [3.05, 3.63) is 144 Å². The summed E-state index contributed by atoms with van der Waals surface area (Å²) in [5.74, 6) is 8.08. The Kier molecular flexibility index (Phi) is 44.8. The van der Waals surface area contributed by atoms with Crippen molar-refractivity contribution in [3.8, 4) is 46.5 Å². The van der Waals surface area contributed by atoms with Crippen LogP contribution in [0.25, 0.3) is 0 Å². The molecule has 4 aromatic heterocycles. The Morgan fingerprint density at radius 1 is 0.269 bits per heavy atom. The van der Waals surface area contributed by atoms with Gasteiger partial charge in [-0.05, 0) is 302 Å². The maximum Gasteiger partial charge on any atom is 0.213 e. The largest absolute Gasteiger partial charge is 0.491 e. The summed E-state index contributed by atoms with van der Waals surface area (Å²) in [4.78, 5) is 17.4. The van der Waals surface area contributed by atoms with E-state index in [1.165, 1.54) is 35.1 Å². The predicted octanol–water partition coefficient (Wildman–Crippen LogP) is 25.9. The van der Waals surface area contributed by atoms with E-state index in [0.29, 0.717) is 101 Å². The van der Waals surface area contributed by atoms with Crippen LogP contribution in [0.2, 0.25) is 0 Å². The number of nitrogens with two attached hydrogens (primary N) is 2. The van der Waals surface area contributed by atoms with Gasteiger partial charge in [-0.1, -0.05) is 203 Å². The van der Waals surface area contributed by atoms with Crippen LogP contribution in [-0.4, -0.2) is 128 Å². The van der Waals surface area contributed by atoms with Crippen LogP contribution >= 0.6 is 0 Å². The fourth-order valence-corrected chi connectivity index (χ4v) is 14.6. The summed E-state index contributed by atoms with van der Waals surface area (Å²) >= 11 is 0. The van der Waals surface area contributed by atoms with Crippen molar-refractivity contribution in [2.75, 3.05) is 13.2 Å². The van der Waals surface area contributed by atoms with Crippen LogP contribution in [0.4, 0.5) is 0 Å². The molecule has 8 N–H and O–H groups in total. The quantitative estimate of drug-likeness (QED) is 0.0297. The molecule has 0 spiro atoms. The lowest BCUT2D eigenvalue weighted by Crippen LogP contribution is -2.53. The highest BCUT2D eigenvalue weighted by molar-refractivity contribution is 5.31. The Balaban J connectivity index is 0.000000272. The van der Waals surface area contributed by atoms with Crippen molar-refractivity contribution in [1.82, 2.24) is 41.2 Å². The van der Waals surface area contributed by atoms with Gasteiger partial charge in [0.25, 0.3) is 0 Å². The monoisotopic (exact) mass is 1800 g/mol. The molecule has 6 aliphatic carbocycles. The molecule has 6 fully saturated rings. The van der Waals surface area contributed by atoms with E-state index in [2.05, 4.69) is 351 Å². The van der Waals surface area contributed by atoms with Crippen molar-refractivity contribution < 1.29 is 37.9 Å². The standard InChI is InChI=1S/C19H32N2O.2C19H31NO.C18H30N2O2.C15H24N2O.C14H22N2O2.2C4H10/c1-18(2,3)10-9-14-7-8-17(20-13-14)22-16-11-15(12-16)21-19(4,5)6;2*1-18(2,3)13-14-7-9-16(10-8-14)21-17-11-15(12-17)20-19(4,5)6;1-17(2,3)12-21-14-7-8-16(19-11-14)22-15-9-13(10-15)20-18(4,5)6;1-15(2,3)7-6-11-4-5-14(17-10-11)18-13-8-12(16)9-13;1-14(2,3)9-17-11-4-5-13(16-8-11)18-12-6-10(15)7-12;2*1-4(2)3/h7-8,13,15-16,21H,9-12H2,1-6H3;2*7-10,15,17,20H,11-13H2,1-6H3;7-8,11,13,15,20H,9-10,12H2,1-6H3;4-5,10,12-13H,6-9,16H2,1-3H3;4-5,8,10,12H,6-7,9,15H2,1-3H3;2*4H,1-3H3. The Hall–Kier alpha value is -6.80. The lowest BCUT2D eigenvalue weighted by Gasteiger charge is -2.40. The second-order valence-electron chi connectivity index (χ2n) is 50.9. The second-order valence-corrected chi connectivity index (χ2v) is 50.9. The van der Waals surface area contributed by atoms with Crippen molar-refractivity contribution in [1.29, 1.82) is 0 Å². The maximum absolute atomic E-state index is 6.04. The highest BCUT2D eigenvalue weighted by Crippen LogP contribution is 2.35. The molecule has 2 aromatic carbocycles. The molecule has 6 aromatic rings. The van der Waals surface area contributed by atoms with Gasteiger partial charge in [0.1, 0.15) is 59.6 Å². The fourth-order valence-electron chi connectivity index (χ4n) is 14.6. The number of rotatable bonds is 26. The molecule has 18 nitrogen and oxygen atoms in total. The number of hydrogen-bond donors (Lipinski definition) is 6. The number of aryl methyl sites for hydroxylation is 2. The fraction of sp³-hybridized carbons (Fsp3) is 0.714. The summed E-state index contributed by atoms with van der Waals surface area (Å²) in [6.07, 6.45) is 28.3. The van der Waals surface area contributed by atoms with Crippen molar-refractivity contribution in [3.63, 3.8) is 0 Å². The normalized spacial score (nSPS) is 21.9. The zero-order chi connectivity index (χ0) is 97.6. The maximum atomic E-state index is 6.04. The van der Waals surface area contributed by atoms with Gasteiger partial charge in [0.05, 0.1) is 25.6 Å². The minimum absolute atomic E-state index is 0.149. The molecule has 130 heavy (non-hydrogen) atoms. The van der Waals surface area contributed by atoms with Gasteiger partial charge < -0.3 is 70.6 Å². The summed E-state index contributed by atoms with van der Waals surface area (Å²) in [7, 11) is 0. The summed E-state index contributed by atoms with van der Waals surface area (Å²) < 4.78 is 46.7. The van der Waals surface area contributed by atoms with E-state index in [-0.39, 0.29) is 51.3 Å². The van der Waals surface area contributed by atoms with E-state index in [4.69, 9.17) is 49.4 Å². The SMILES string of the molecule is CC(C)(C)CCc1ccc(OC2CC(N)C2)nc1.CC(C)(C)CCc1ccc(OC2CC(NC(C)(C)C)C2)nc1.CC(C)(C)COc1ccc(OC2CC(N)C2)nc1.CC(C)(C)COc1ccc(OC2CC(NC(C)(C)C)C2)nc1.CC(C)(C)Cc1ccc(OC2CC(NC(C)(C)C)C2)cc1.CC(C)(C)Cc1ccc(OC2CC(NC(C)(C)C)C2)cc1.CC(C)C.CC(C)C. The van der Waals surface area contributed by atoms with E-state index in [1.807, 2.05) is 48.8 Å². The van der Waals surface area contributed by atoms with Crippen LogP contribution < -0.4 is 70.6 Å². The summed E-state index contributed by atoms with van der Waals surface area (Å²) in [5.41, 5.74) is 19.2. The highest BCUT2D eigenvalue weighted by Gasteiger charge is 2.38. The van der Waals surface area contributed by atoms with Gasteiger partial charge in [0.15, 0.2) is 0 Å². The molecular weight excluding hydrogens is 1610 g/mol. The first-order valence-electron chi connectivity index (χ1n) is 49.6. The van der Waals surface area contributed by atoms with E-state index >= 15 is 0 Å². The van der Waals surface area contributed by atoms with E-state index < -0.39 is 0 Å². The molecule has 0 bridgehead atoms. The Bertz CT molecular complexity index is 3740. The molecule has 6 aliphatic rings. The average Bonchev–Trinajstić information content (AvgIpc) is 0.831. The molecule has 0 atom stereocenters. The molecule has 4 heterocycles. The Labute approximate surface area is 794 Å². The first kappa shape index (κ1) is 114. The second kappa shape index (κ2) is 51.2. The first-order valence-corrected chi connectivity index (χ1v) is 49.6. The van der Waals surface area contributed by atoms with E-state index in [0.717, 1.165) is 149 Å². The predicted molar refractivity (Wildman–Crippen MR) is 547 cm³/mol. The number of aromatic nitrogens is 4. The van der Waals surface area contributed by atoms with Crippen LogP contribution in [0.15, 0.2) is 122 Å². The number of benzene rings is 2. The minimum Gasteiger partial charge on any atom is -0.491 e. The number of nitrogens with one attached hydrogen (secondary N) is 4. The first-order chi connectivity index (χ1) is 59.7. The average molecular weight is 1800 g/mol. The number of hydrogen-bond acceptors (Lipinski definition) is 18. The molecule has 18 heteroatoms. The molecule has 6 saturated carbocycles. The van der Waals surface area contributed by atoms with E-state index in [9.17, 15) is 0 Å². The van der Waals surface area contributed by atoms with Crippen LogP contribution in [0.3, 0.4) is 0 Å². The van der Waals surface area contributed by atoms with Gasteiger partial charge in [0.2, 0.25) is 23.5 Å². The number of nitrogens with zero attached hydrogens (tertiary/aromatic N) is 4. The number of ether oxygens (including phenoxy) is 8. The zero-order valence-electron chi connectivity index (χ0n) is 89.0. The Morgan fingerprint density at radius 2 is 0.485 bits per heavy atom. The lowest BCUT2D eigenvalue weighted by molar-refractivity contribution is 0.0689. The van der Waals surface area contributed by atoms with Crippen LogP contribution in [0, 0.1) is 44.3 Å². The molecular formula is C112H190N10O8. The van der Waals surface area contributed by atoms with Gasteiger partial charge in [-0.15, -0.1) is 0 Å². The summed E-state index contributed by atoms with van der Waals surface area (Å²) in [5, 5.41) is 14.5. The number of pyridine rings is 4. The van der Waals surface area contributed by atoms with Crippen LogP contribution in [0.1, 0.15) is 361 Å². The van der Waals surface area contributed by atoms with Crippen molar-refractivity contribution in [2.45, 2.75) is 460 Å². The van der Waals surface area contributed by atoms with Crippen LogP contribution in [-0.2, 0) is 25.7 Å². The molecule has 0 unspecified atom stereocenters. The van der Waals surface area contributed by atoms with Crippen molar-refractivity contribution >= 4 is 0 Å². The topological polar surface area (TPSA) is 226 Å². The molecule has 12 rings (SSSR count). The Morgan fingerprint density at radius 3 is 0.677 bits per heavy atom. The molecule has 0 amide bonds. The van der Waals surface area contributed by atoms with Gasteiger partial charge in [0, 0.05) is 95.1 Å². The highest BCUT2D eigenvalue weighted by atomic mass is 16.5. The molecule has 0 aliphatic heterocycles. The smallest absolute Gasteiger partial charge is 0.213 e.